The van der Waals surface area contributed by atoms with Gasteiger partial charge in [-0.15, -0.1) is 0 Å². The fourth-order valence-corrected chi connectivity index (χ4v) is 1.23. The lowest BCUT2D eigenvalue weighted by molar-refractivity contribution is 0.137. The Bertz CT molecular complexity index is 172. The molecular formula is C11H22N2O2. The van der Waals surface area contributed by atoms with Gasteiger partial charge in [0.1, 0.15) is 0 Å². The Morgan fingerprint density at radius 1 is 1.47 bits per heavy atom. The summed E-state index contributed by atoms with van der Waals surface area (Å²) in [5.41, 5.74) is 0. The summed E-state index contributed by atoms with van der Waals surface area (Å²) in [5, 5.41) is 8.77. The van der Waals surface area contributed by atoms with E-state index >= 15 is 0 Å². The van der Waals surface area contributed by atoms with E-state index in [1.165, 1.54) is 0 Å². The predicted octanol–water partition coefficient (Wildman–Crippen LogP) is 0.922. The molecule has 0 aliphatic heterocycles. The van der Waals surface area contributed by atoms with Crippen LogP contribution in [-0.4, -0.2) is 56.2 Å². The van der Waals surface area contributed by atoms with Crippen LogP contribution in [0.2, 0.25) is 0 Å². The minimum Gasteiger partial charge on any atom is -0.395 e. The number of likely N-dealkylation sites (N-methyl/N-ethyl adjacent to an activating group) is 1. The van der Waals surface area contributed by atoms with Crippen LogP contribution in [0.15, 0.2) is 17.3 Å². The van der Waals surface area contributed by atoms with E-state index in [-0.39, 0.29) is 6.61 Å². The Morgan fingerprint density at radius 2 is 2.27 bits per heavy atom. The van der Waals surface area contributed by atoms with Crippen LogP contribution in [0, 0.1) is 0 Å². The SMILES string of the molecule is C=N/C=C/COCCCN(CC)CCO. The number of hydrogen-bond donors (Lipinski definition) is 1. The van der Waals surface area contributed by atoms with Gasteiger partial charge < -0.3 is 14.7 Å². The molecule has 0 unspecified atom stereocenters. The van der Waals surface area contributed by atoms with Crippen molar-refractivity contribution in [3.8, 4) is 0 Å². The van der Waals surface area contributed by atoms with E-state index in [1.54, 1.807) is 6.20 Å². The number of hydrogen-bond acceptors (Lipinski definition) is 4. The summed E-state index contributed by atoms with van der Waals surface area (Å²) in [6.07, 6.45) is 4.45. The van der Waals surface area contributed by atoms with Crippen LogP contribution in [0.25, 0.3) is 0 Å². The molecule has 15 heavy (non-hydrogen) atoms. The summed E-state index contributed by atoms with van der Waals surface area (Å²) in [4.78, 5) is 5.77. The Labute approximate surface area is 92.3 Å². The van der Waals surface area contributed by atoms with Crippen LogP contribution in [-0.2, 0) is 4.74 Å². The molecule has 88 valence electrons. The average molecular weight is 214 g/mol. The Morgan fingerprint density at radius 3 is 2.87 bits per heavy atom. The standard InChI is InChI=1S/C11H22N2O2/c1-3-13(8-9-14)7-5-11-15-10-4-6-12-2/h4,6,14H,2-3,5,7-11H2,1H3/b6-4+. The smallest absolute Gasteiger partial charge is 0.0665 e. The third kappa shape index (κ3) is 9.59. The summed E-state index contributed by atoms with van der Waals surface area (Å²) < 4.78 is 5.35. The van der Waals surface area contributed by atoms with Gasteiger partial charge in [-0.05, 0) is 25.8 Å². The van der Waals surface area contributed by atoms with Crippen molar-refractivity contribution in [3.63, 3.8) is 0 Å². The maximum absolute atomic E-state index is 8.77. The van der Waals surface area contributed by atoms with Gasteiger partial charge in [0.05, 0.1) is 13.2 Å². The van der Waals surface area contributed by atoms with Gasteiger partial charge in [-0.2, -0.15) is 0 Å². The summed E-state index contributed by atoms with van der Waals surface area (Å²) in [7, 11) is 0. The van der Waals surface area contributed by atoms with Gasteiger partial charge in [-0.25, -0.2) is 0 Å². The molecule has 0 spiro atoms. The molecule has 0 aromatic rings. The second-order valence-electron chi connectivity index (χ2n) is 3.15. The minimum atomic E-state index is 0.225. The molecule has 0 aromatic heterocycles. The molecule has 0 saturated carbocycles. The monoisotopic (exact) mass is 214 g/mol. The van der Waals surface area contributed by atoms with Gasteiger partial charge in [-0.1, -0.05) is 6.92 Å². The van der Waals surface area contributed by atoms with Crippen LogP contribution in [0.5, 0.6) is 0 Å². The van der Waals surface area contributed by atoms with Crippen molar-refractivity contribution in [1.29, 1.82) is 0 Å². The first-order chi connectivity index (χ1) is 7.35. The maximum Gasteiger partial charge on any atom is 0.0665 e. The number of rotatable bonds is 10. The number of aliphatic hydroxyl groups is 1. The van der Waals surface area contributed by atoms with Crippen molar-refractivity contribution in [2.75, 3.05) is 39.5 Å². The number of aliphatic imine (C=N–C) groups is 1. The van der Waals surface area contributed by atoms with Gasteiger partial charge in [0.25, 0.3) is 0 Å². The highest BCUT2D eigenvalue weighted by Crippen LogP contribution is 1.91. The molecule has 0 aliphatic rings. The second kappa shape index (κ2) is 11.4. The highest BCUT2D eigenvalue weighted by Gasteiger charge is 1.99. The summed E-state index contributed by atoms with van der Waals surface area (Å²) in [6, 6.07) is 0. The molecule has 0 heterocycles. The molecule has 4 heteroatoms. The fourth-order valence-electron chi connectivity index (χ4n) is 1.23. The van der Waals surface area contributed by atoms with Gasteiger partial charge in [0.15, 0.2) is 0 Å². The van der Waals surface area contributed by atoms with Gasteiger partial charge in [-0.3, -0.25) is 4.99 Å². The molecule has 0 bridgehead atoms. The summed E-state index contributed by atoms with van der Waals surface area (Å²) >= 11 is 0. The van der Waals surface area contributed by atoms with Crippen LogP contribution in [0.3, 0.4) is 0 Å². The molecular weight excluding hydrogens is 192 g/mol. The lowest BCUT2D eigenvalue weighted by atomic mass is 10.4. The molecule has 0 fully saturated rings. The van der Waals surface area contributed by atoms with Crippen molar-refractivity contribution >= 4 is 6.72 Å². The molecule has 0 atom stereocenters. The number of nitrogens with zero attached hydrogens (tertiary/aromatic N) is 2. The largest absolute Gasteiger partial charge is 0.395 e. The topological polar surface area (TPSA) is 45.1 Å². The van der Waals surface area contributed by atoms with Crippen molar-refractivity contribution in [1.82, 2.24) is 4.90 Å². The summed E-state index contributed by atoms with van der Waals surface area (Å²) in [5.74, 6) is 0. The third-order valence-corrected chi connectivity index (χ3v) is 2.05. The highest BCUT2D eigenvalue weighted by molar-refractivity contribution is 5.25. The van der Waals surface area contributed by atoms with Crippen molar-refractivity contribution in [3.05, 3.63) is 12.3 Å². The van der Waals surface area contributed by atoms with Crippen LogP contribution in [0.1, 0.15) is 13.3 Å². The van der Waals surface area contributed by atoms with E-state index in [2.05, 4.69) is 23.5 Å². The zero-order valence-corrected chi connectivity index (χ0v) is 9.56. The first-order valence-corrected chi connectivity index (χ1v) is 5.37. The first-order valence-electron chi connectivity index (χ1n) is 5.37. The number of aliphatic hydroxyl groups excluding tert-OH is 1. The van der Waals surface area contributed by atoms with E-state index in [4.69, 9.17) is 9.84 Å². The molecule has 1 N–H and O–H groups in total. The normalized spacial score (nSPS) is 11.4. The first kappa shape index (κ1) is 14.3. The number of ether oxygens (including phenoxy) is 1. The zero-order chi connectivity index (χ0) is 11.4. The van der Waals surface area contributed by atoms with E-state index < -0.39 is 0 Å². The zero-order valence-electron chi connectivity index (χ0n) is 9.56. The van der Waals surface area contributed by atoms with Crippen molar-refractivity contribution in [2.24, 2.45) is 4.99 Å². The predicted molar refractivity (Wildman–Crippen MR) is 63.3 cm³/mol. The van der Waals surface area contributed by atoms with Gasteiger partial charge in [0, 0.05) is 25.9 Å². The summed E-state index contributed by atoms with van der Waals surface area (Å²) in [6.45, 7) is 9.66. The van der Waals surface area contributed by atoms with E-state index in [9.17, 15) is 0 Å². The van der Waals surface area contributed by atoms with Crippen molar-refractivity contribution in [2.45, 2.75) is 13.3 Å². The van der Waals surface area contributed by atoms with Crippen molar-refractivity contribution < 1.29 is 9.84 Å². The molecule has 0 radical (unpaired) electrons. The maximum atomic E-state index is 8.77. The van der Waals surface area contributed by atoms with E-state index in [1.807, 2.05) is 6.08 Å². The van der Waals surface area contributed by atoms with Crippen LogP contribution >= 0.6 is 0 Å². The Hall–Kier alpha value is -0.710. The molecule has 0 rings (SSSR count). The van der Waals surface area contributed by atoms with Crippen LogP contribution < -0.4 is 0 Å². The van der Waals surface area contributed by atoms with E-state index in [0.29, 0.717) is 6.61 Å². The molecule has 0 saturated heterocycles. The quantitative estimate of drug-likeness (QED) is 0.434. The third-order valence-electron chi connectivity index (χ3n) is 2.05. The molecule has 0 aromatic carbocycles. The van der Waals surface area contributed by atoms with Gasteiger partial charge in [0.2, 0.25) is 0 Å². The average Bonchev–Trinajstić information content (AvgIpc) is 2.26. The lowest BCUT2D eigenvalue weighted by Crippen LogP contribution is -2.28. The van der Waals surface area contributed by atoms with Crippen LogP contribution in [0.4, 0.5) is 0 Å². The fraction of sp³-hybridized carbons (Fsp3) is 0.727. The molecule has 0 aliphatic carbocycles. The second-order valence-corrected chi connectivity index (χ2v) is 3.15. The lowest BCUT2D eigenvalue weighted by Gasteiger charge is -2.18. The molecule has 0 amide bonds. The highest BCUT2D eigenvalue weighted by atomic mass is 16.5. The van der Waals surface area contributed by atoms with E-state index in [0.717, 1.165) is 32.7 Å². The Balaban J connectivity index is 3.28. The Kier molecular flexibility index (Phi) is 10.8. The molecule has 4 nitrogen and oxygen atoms in total. The van der Waals surface area contributed by atoms with Gasteiger partial charge >= 0.3 is 0 Å². The minimum absolute atomic E-state index is 0.225.